The first-order chi connectivity index (χ1) is 14.4. The highest BCUT2D eigenvalue weighted by molar-refractivity contribution is 7.13. The lowest BCUT2D eigenvalue weighted by atomic mass is 10.0. The molecule has 30 heavy (non-hydrogen) atoms. The number of nitrogens with zero attached hydrogens (tertiary/aromatic N) is 2. The first kappa shape index (κ1) is 18.6. The Bertz CT molecular complexity index is 1330. The summed E-state index contributed by atoms with van der Waals surface area (Å²) in [6.45, 7) is 0. The third-order valence-corrected chi connectivity index (χ3v) is 5.46. The van der Waals surface area contributed by atoms with Crippen LogP contribution >= 0.6 is 11.3 Å². The van der Waals surface area contributed by atoms with Crippen LogP contribution in [0.5, 0.6) is 0 Å². The van der Waals surface area contributed by atoms with Gasteiger partial charge in [0.2, 0.25) is 16.5 Å². The number of aromatic amines is 1. The van der Waals surface area contributed by atoms with Gasteiger partial charge in [0.1, 0.15) is 5.56 Å². The topological polar surface area (TPSA) is 67.3 Å². The van der Waals surface area contributed by atoms with Crippen molar-refractivity contribution in [3.8, 4) is 0 Å². The third kappa shape index (κ3) is 2.98. The van der Waals surface area contributed by atoms with Crippen LogP contribution in [0.1, 0.15) is 28.5 Å². The van der Waals surface area contributed by atoms with Crippen LogP contribution in [0.4, 0.5) is 18.3 Å². The molecule has 1 aliphatic rings. The highest BCUT2D eigenvalue weighted by Gasteiger charge is 2.38. The number of aliphatic imine (C=N–C) groups is 1. The third-order valence-electron chi connectivity index (χ3n) is 4.79. The van der Waals surface area contributed by atoms with Crippen molar-refractivity contribution >= 4 is 33.3 Å². The Hall–Kier alpha value is -3.46. The van der Waals surface area contributed by atoms with E-state index in [-0.39, 0.29) is 28.1 Å². The average Bonchev–Trinajstić information content (AvgIpc) is 3.36. The van der Waals surface area contributed by atoms with Crippen molar-refractivity contribution in [2.24, 2.45) is 4.99 Å². The fourth-order valence-corrected chi connectivity index (χ4v) is 4.01. The molecule has 5 nitrogen and oxygen atoms in total. The van der Waals surface area contributed by atoms with Gasteiger partial charge in [0.25, 0.3) is 0 Å². The summed E-state index contributed by atoms with van der Waals surface area (Å²) in [6.07, 6.45) is -3.84. The molecule has 150 valence electrons. The number of fused-ring (bicyclic) bond motifs is 2. The van der Waals surface area contributed by atoms with E-state index in [0.717, 1.165) is 6.07 Å². The molecule has 2 aromatic heterocycles. The first-order valence-electron chi connectivity index (χ1n) is 8.90. The number of ether oxygens (including phenoxy) is 1. The van der Waals surface area contributed by atoms with Crippen molar-refractivity contribution in [2.45, 2.75) is 12.3 Å². The molecule has 1 aliphatic heterocycles. The van der Waals surface area contributed by atoms with Crippen LogP contribution in [0.15, 0.2) is 69.9 Å². The molecule has 1 N–H and O–H groups in total. The van der Waals surface area contributed by atoms with E-state index in [2.05, 4.69) is 15.0 Å². The molecule has 0 saturated carbocycles. The van der Waals surface area contributed by atoms with Gasteiger partial charge < -0.3 is 9.72 Å². The van der Waals surface area contributed by atoms with Gasteiger partial charge in [0.05, 0.1) is 16.8 Å². The lowest BCUT2D eigenvalue weighted by Gasteiger charge is -2.14. The lowest BCUT2D eigenvalue weighted by Crippen LogP contribution is -2.17. The Morgan fingerprint density at radius 2 is 1.90 bits per heavy atom. The quantitative estimate of drug-likeness (QED) is 0.478. The predicted molar refractivity (Wildman–Crippen MR) is 107 cm³/mol. The number of nitrogens with one attached hydrogen (secondary N) is 1. The van der Waals surface area contributed by atoms with Crippen LogP contribution in [0.25, 0.3) is 10.9 Å². The van der Waals surface area contributed by atoms with Gasteiger partial charge in [-0.25, -0.2) is 4.98 Å². The summed E-state index contributed by atoms with van der Waals surface area (Å²) in [6, 6.07) is 12.5. The Morgan fingerprint density at radius 1 is 1.10 bits per heavy atom. The van der Waals surface area contributed by atoms with Gasteiger partial charge in [0, 0.05) is 17.0 Å². The maximum atomic E-state index is 13.6. The summed E-state index contributed by atoms with van der Waals surface area (Å²) in [4.78, 5) is 24.5. The van der Waals surface area contributed by atoms with Crippen molar-refractivity contribution in [1.29, 1.82) is 0 Å². The monoisotopic (exact) mass is 427 g/mol. The maximum absolute atomic E-state index is 13.6. The zero-order chi connectivity index (χ0) is 20.9. The van der Waals surface area contributed by atoms with Gasteiger partial charge >= 0.3 is 6.18 Å². The Kier molecular flexibility index (Phi) is 4.21. The number of halogens is 3. The lowest BCUT2D eigenvalue weighted by molar-refractivity contribution is -0.136. The van der Waals surface area contributed by atoms with Gasteiger partial charge in [-0.1, -0.05) is 36.4 Å². The van der Waals surface area contributed by atoms with Crippen molar-refractivity contribution in [1.82, 2.24) is 9.97 Å². The minimum atomic E-state index is -4.61. The van der Waals surface area contributed by atoms with E-state index in [9.17, 15) is 18.0 Å². The minimum Gasteiger partial charge on any atom is -0.462 e. The van der Waals surface area contributed by atoms with Crippen molar-refractivity contribution in [3.05, 3.63) is 92.7 Å². The standard InChI is InChI=1S/C21H12F3N3O2S/c22-21(23,24)13-8-4-7-12-15(13)26-16-14(17(12)28)19(27-20-25-9-10-30-20)29-18(16)11-5-2-1-3-6-11/h1-10,18H,(H,26,28). The molecule has 0 amide bonds. The highest BCUT2D eigenvalue weighted by atomic mass is 32.1. The van der Waals surface area contributed by atoms with Crippen LogP contribution in [0.2, 0.25) is 0 Å². The number of benzene rings is 2. The highest BCUT2D eigenvalue weighted by Crippen LogP contribution is 2.38. The molecule has 1 unspecified atom stereocenters. The van der Waals surface area contributed by atoms with Crippen LogP contribution in [0, 0.1) is 0 Å². The van der Waals surface area contributed by atoms with Crippen molar-refractivity contribution < 1.29 is 17.9 Å². The molecule has 4 aromatic rings. The molecular formula is C21H12F3N3O2S. The number of aromatic nitrogens is 2. The molecule has 9 heteroatoms. The zero-order valence-corrected chi connectivity index (χ0v) is 15.9. The summed E-state index contributed by atoms with van der Waals surface area (Å²) < 4.78 is 46.7. The first-order valence-corrected chi connectivity index (χ1v) is 9.77. The number of pyridine rings is 1. The predicted octanol–water partition coefficient (Wildman–Crippen LogP) is 5.20. The number of thiazole rings is 1. The summed E-state index contributed by atoms with van der Waals surface area (Å²) in [5.74, 6) is 0.0364. The molecule has 0 aliphatic carbocycles. The average molecular weight is 427 g/mol. The van der Waals surface area contributed by atoms with Crippen molar-refractivity contribution in [3.63, 3.8) is 0 Å². The molecule has 1 atom stereocenters. The Balaban J connectivity index is 1.82. The van der Waals surface area contributed by atoms with Gasteiger partial charge in [-0.15, -0.1) is 11.3 Å². The molecule has 0 saturated heterocycles. The molecule has 5 rings (SSSR count). The minimum absolute atomic E-state index is 0.0364. The summed E-state index contributed by atoms with van der Waals surface area (Å²) in [5.41, 5.74) is -0.705. The SMILES string of the molecule is O=c1c2c([nH]c3c(C(F)(F)F)cccc13)C(c1ccccc1)OC2=Nc1nccs1. The molecule has 3 heterocycles. The van der Waals surface area contributed by atoms with Crippen LogP contribution in [-0.4, -0.2) is 15.9 Å². The maximum Gasteiger partial charge on any atom is 0.418 e. The normalized spacial score (nSPS) is 17.3. The molecule has 0 fully saturated rings. The van der Waals surface area contributed by atoms with E-state index >= 15 is 0 Å². The zero-order valence-electron chi connectivity index (χ0n) is 15.1. The van der Waals surface area contributed by atoms with E-state index in [1.54, 1.807) is 35.8 Å². The smallest absolute Gasteiger partial charge is 0.418 e. The number of rotatable bonds is 2. The van der Waals surface area contributed by atoms with Crippen LogP contribution in [0.3, 0.4) is 0 Å². The molecule has 0 radical (unpaired) electrons. The van der Waals surface area contributed by atoms with E-state index in [1.165, 1.54) is 23.5 Å². The summed E-state index contributed by atoms with van der Waals surface area (Å²) in [5, 5.41) is 2.03. The molecule has 2 aromatic carbocycles. The second-order valence-corrected chi connectivity index (χ2v) is 7.48. The molecule has 0 spiro atoms. The fraction of sp³-hybridized carbons (Fsp3) is 0.0952. The van der Waals surface area contributed by atoms with Crippen molar-refractivity contribution in [2.75, 3.05) is 0 Å². The van der Waals surface area contributed by atoms with E-state index < -0.39 is 23.3 Å². The van der Waals surface area contributed by atoms with E-state index in [1.807, 2.05) is 6.07 Å². The molecule has 0 bridgehead atoms. The number of para-hydroxylation sites is 1. The number of hydrogen-bond acceptors (Lipinski definition) is 5. The summed E-state index contributed by atoms with van der Waals surface area (Å²) in [7, 11) is 0. The largest absolute Gasteiger partial charge is 0.462 e. The Morgan fingerprint density at radius 3 is 2.60 bits per heavy atom. The fourth-order valence-electron chi connectivity index (χ4n) is 3.51. The van der Waals surface area contributed by atoms with E-state index in [0.29, 0.717) is 10.7 Å². The van der Waals surface area contributed by atoms with Crippen LogP contribution < -0.4 is 5.43 Å². The Labute approximate surface area is 171 Å². The number of hydrogen-bond donors (Lipinski definition) is 1. The van der Waals surface area contributed by atoms with Gasteiger partial charge in [-0.05, 0) is 17.7 Å². The molecular weight excluding hydrogens is 415 g/mol. The second-order valence-electron chi connectivity index (χ2n) is 6.61. The second kappa shape index (κ2) is 6.81. The van der Waals surface area contributed by atoms with Gasteiger partial charge in [-0.3, -0.25) is 4.79 Å². The number of H-pyrrole nitrogens is 1. The summed E-state index contributed by atoms with van der Waals surface area (Å²) >= 11 is 1.26. The van der Waals surface area contributed by atoms with Crippen LogP contribution in [-0.2, 0) is 10.9 Å². The van der Waals surface area contributed by atoms with Gasteiger partial charge in [0.15, 0.2) is 6.10 Å². The number of alkyl halides is 3. The van der Waals surface area contributed by atoms with E-state index in [4.69, 9.17) is 4.74 Å². The van der Waals surface area contributed by atoms with Gasteiger partial charge in [-0.2, -0.15) is 18.2 Å².